The van der Waals surface area contributed by atoms with Crippen molar-refractivity contribution in [3.8, 4) is 17.1 Å². The Labute approximate surface area is 222 Å². The molecule has 1 heterocycles. The number of fused-ring (bicyclic) bond motifs is 1. The van der Waals surface area contributed by atoms with Crippen LogP contribution in [0.4, 0.5) is 26.3 Å². The van der Waals surface area contributed by atoms with Gasteiger partial charge in [0.25, 0.3) is 0 Å². The summed E-state index contributed by atoms with van der Waals surface area (Å²) in [6, 6.07) is 10.4. The number of ether oxygens (including phenoxy) is 1. The molecule has 0 aliphatic rings. The molecular weight excluding hydrogens is 518 g/mol. The lowest BCUT2D eigenvalue weighted by molar-refractivity contribution is -0.154. The summed E-state index contributed by atoms with van der Waals surface area (Å²) in [5.41, 5.74) is 2.35. The van der Waals surface area contributed by atoms with Gasteiger partial charge in [0.2, 0.25) is 0 Å². The molecule has 1 aromatic heterocycles. The fraction of sp³-hybridized carbons (Fsp3) is 0.333. The number of hydrogen-bond donors (Lipinski definition) is 0. The van der Waals surface area contributed by atoms with E-state index in [-0.39, 0.29) is 18.4 Å². The molecule has 0 amide bonds. The van der Waals surface area contributed by atoms with Gasteiger partial charge in [-0.3, -0.25) is 0 Å². The van der Waals surface area contributed by atoms with Crippen molar-refractivity contribution in [2.45, 2.75) is 58.0 Å². The normalized spacial score (nSPS) is 11.8. The molecule has 3 nitrogen and oxygen atoms in total. The second kappa shape index (κ2) is 12.5. The lowest BCUT2D eigenvalue weighted by Crippen LogP contribution is -2.20. The highest BCUT2D eigenvalue weighted by Crippen LogP contribution is 2.29. The molecule has 0 saturated carbocycles. The Morgan fingerprint density at radius 2 is 1.49 bits per heavy atom. The van der Waals surface area contributed by atoms with E-state index < -0.39 is 36.0 Å². The van der Waals surface area contributed by atoms with Gasteiger partial charge in [-0.2, -0.15) is 13.2 Å². The SMILES string of the molecule is CCCCCCc1cnc(-c2ccc3c(F)c(CCc4cc(F)c(OCC(F)(F)F)c(F)c4)ccc3c2)nc1. The monoisotopic (exact) mass is 546 g/mol. The smallest absolute Gasteiger partial charge is 0.422 e. The summed E-state index contributed by atoms with van der Waals surface area (Å²) >= 11 is 0. The average molecular weight is 547 g/mol. The standard InChI is InChI=1S/C30H28F6N2O/c1-2-3-4-5-6-20-16-37-29(38-17-20)23-11-12-24-22(15-23)10-9-21(27(24)33)8-7-19-13-25(31)28(26(32)14-19)39-18-30(34,35)36/h9-17H,2-8,18H2,1H3. The second-order valence-electron chi connectivity index (χ2n) is 9.49. The van der Waals surface area contributed by atoms with Gasteiger partial charge < -0.3 is 4.74 Å². The van der Waals surface area contributed by atoms with Gasteiger partial charge in [0.15, 0.2) is 29.8 Å². The summed E-state index contributed by atoms with van der Waals surface area (Å²) in [5, 5.41) is 1.04. The Morgan fingerprint density at radius 3 is 2.15 bits per heavy atom. The highest BCUT2D eigenvalue weighted by molar-refractivity contribution is 5.87. The minimum Gasteiger partial charge on any atom is -0.478 e. The van der Waals surface area contributed by atoms with Gasteiger partial charge in [-0.1, -0.05) is 50.5 Å². The minimum absolute atomic E-state index is 0.0759. The predicted molar refractivity (Wildman–Crippen MR) is 138 cm³/mol. The Hall–Kier alpha value is -3.62. The van der Waals surface area contributed by atoms with E-state index in [0.29, 0.717) is 22.2 Å². The quantitative estimate of drug-likeness (QED) is 0.140. The van der Waals surface area contributed by atoms with Crippen LogP contribution >= 0.6 is 0 Å². The van der Waals surface area contributed by atoms with Crippen molar-refractivity contribution in [3.05, 3.63) is 89.0 Å². The summed E-state index contributed by atoms with van der Waals surface area (Å²) in [6.07, 6.45) is 4.73. The molecule has 0 atom stereocenters. The van der Waals surface area contributed by atoms with Gasteiger partial charge in [0.1, 0.15) is 5.82 Å². The maximum Gasteiger partial charge on any atom is 0.422 e. The lowest BCUT2D eigenvalue weighted by atomic mass is 9.98. The Kier molecular flexibility index (Phi) is 9.09. The minimum atomic E-state index is -4.73. The number of benzene rings is 3. The van der Waals surface area contributed by atoms with E-state index in [1.165, 1.54) is 19.3 Å². The Morgan fingerprint density at radius 1 is 0.769 bits per heavy atom. The molecule has 0 bridgehead atoms. The molecular formula is C30H28F6N2O. The third-order valence-electron chi connectivity index (χ3n) is 6.44. The van der Waals surface area contributed by atoms with Crippen molar-refractivity contribution in [2.24, 2.45) is 0 Å². The topological polar surface area (TPSA) is 35.0 Å². The maximum absolute atomic E-state index is 15.3. The highest BCUT2D eigenvalue weighted by Gasteiger charge is 2.30. The van der Waals surface area contributed by atoms with Crippen LogP contribution in [0.3, 0.4) is 0 Å². The number of hydrogen-bond acceptors (Lipinski definition) is 3. The van der Waals surface area contributed by atoms with Crippen LogP contribution in [0.2, 0.25) is 0 Å². The summed E-state index contributed by atoms with van der Waals surface area (Å²) in [5.74, 6) is -3.48. The summed E-state index contributed by atoms with van der Waals surface area (Å²) in [4.78, 5) is 8.94. The summed E-state index contributed by atoms with van der Waals surface area (Å²) in [7, 11) is 0. The molecule has 0 N–H and O–H groups in total. The van der Waals surface area contributed by atoms with E-state index in [1.54, 1.807) is 24.3 Å². The molecule has 3 aromatic carbocycles. The molecule has 0 unspecified atom stereocenters. The third kappa shape index (κ3) is 7.49. The second-order valence-corrected chi connectivity index (χ2v) is 9.49. The van der Waals surface area contributed by atoms with Gasteiger partial charge >= 0.3 is 6.18 Å². The number of alkyl halides is 3. The molecule has 0 aliphatic heterocycles. The van der Waals surface area contributed by atoms with E-state index in [4.69, 9.17) is 0 Å². The zero-order valence-electron chi connectivity index (χ0n) is 21.4. The van der Waals surface area contributed by atoms with Crippen molar-refractivity contribution in [2.75, 3.05) is 6.61 Å². The van der Waals surface area contributed by atoms with Gasteiger partial charge in [0, 0.05) is 23.3 Å². The van der Waals surface area contributed by atoms with E-state index >= 15 is 4.39 Å². The number of rotatable bonds is 11. The van der Waals surface area contributed by atoms with Crippen LogP contribution in [0.25, 0.3) is 22.2 Å². The molecule has 0 saturated heterocycles. The molecule has 0 fully saturated rings. The van der Waals surface area contributed by atoms with E-state index in [9.17, 15) is 22.0 Å². The van der Waals surface area contributed by atoms with Crippen molar-refractivity contribution in [1.82, 2.24) is 9.97 Å². The molecule has 4 aromatic rings. The van der Waals surface area contributed by atoms with Crippen LogP contribution < -0.4 is 4.74 Å². The van der Waals surface area contributed by atoms with Gasteiger partial charge in [-0.25, -0.2) is 23.1 Å². The molecule has 4 rings (SSSR count). The van der Waals surface area contributed by atoms with Crippen LogP contribution in [0, 0.1) is 17.5 Å². The van der Waals surface area contributed by atoms with Crippen LogP contribution in [-0.2, 0) is 19.3 Å². The highest BCUT2D eigenvalue weighted by atomic mass is 19.4. The molecule has 39 heavy (non-hydrogen) atoms. The fourth-order valence-corrected chi connectivity index (χ4v) is 4.39. The van der Waals surface area contributed by atoms with Crippen molar-refractivity contribution < 1.29 is 31.1 Å². The third-order valence-corrected chi connectivity index (χ3v) is 6.44. The molecule has 206 valence electrons. The van der Waals surface area contributed by atoms with Gasteiger partial charge in [-0.05, 0) is 66.0 Å². The fourth-order valence-electron chi connectivity index (χ4n) is 4.39. The number of aromatic nitrogens is 2. The Balaban J connectivity index is 1.44. The maximum atomic E-state index is 15.3. The van der Waals surface area contributed by atoms with Crippen LogP contribution in [0.1, 0.15) is 49.3 Å². The zero-order chi connectivity index (χ0) is 28.0. The van der Waals surface area contributed by atoms with Gasteiger partial charge in [-0.15, -0.1) is 0 Å². The van der Waals surface area contributed by atoms with E-state index in [1.807, 2.05) is 18.5 Å². The zero-order valence-corrected chi connectivity index (χ0v) is 21.4. The Bertz CT molecular complexity index is 1400. The first-order valence-electron chi connectivity index (χ1n) is 12.8. The van der Waals surface area contributed by atoms with Crippen molar-refractivity contribution in [1.29, 1.82) is 0 Å². The number of halogens is 6. The van der Waals surface area contributed by atoms with Crippen LogP contribution in [0.15, 0.2) is 54.9 Å². The lowest BCUT2D eigenvalue weighted by Gasteiger charge is -2.12. The number of unbranched alkanes of at least 4 members (excludes halogenated alkanes) is 3. The largest absolute Gasteiger partial charge is 0.478 e. The van der Waals surface area contributed by atoms with Crippen molar-refractivity contribution in [3.63, 3.8) is 0 Å². The first-order valence-corrected chi connectivity index (χ1v) is 12.8. The number of aryl methyl sites for hydroxylation is 3. The molecule has 0 spiro atoms. The van der Waals surface area contributed by atoms with Gasteiger partial charge in [0.05, 0.1) is 0 Å². The average Bonchev–Trinajstić information content (AvgIpc) is 2.90. The predicted octanol–water partition coefficient (Wildman–Crippen LogP) is 8.56. The van der Waals surface area contributed by atoms with Crippen molar-refractivity contribution >= 4 is 10.8 Å². The summed E-state index contributed by atoms with van der Waals surface area (Å²) in [6.45, 7) is 0.366. The molecule has 9 heteroatoms. The van der Waals surface area contributed by atoms with E-state index in [0.717, 1.165) is 36.1 Å². The summed E-state index contributed by atoms with van der Waals surface area (Å²) < 4.78 is 84.8. The first-order chi connectivity index (χ1) is 18.6. The van der Waals surface area contributed by atoms with Crippen LogP contribution in [-0.4, -0.2) is 22.8 Å². The first kappa shape index (κ1) is 28.4. The van der Waals surface area contributed by atoms with E-state index in [2.05, 4.69) is 21.6 Å². The van der Waals surface area contributed by atoms with Crippen LogP contribution in [0.5, 0.6) is 5.75 Å². The molecule has 0 aliphatic carbocycles. The molecule has 0 radical (unpaired) electrons. The number of nitrogens with zero attached hydrogens (tertiary/aromatic N) is 2.